The summed E-state index contributed by atoms with van der Waals surface area (Å²) in [6, 6.07) is 2.14. The average molecular weight is 237 g/mol. The molecule has 0 bridgehead atoms. The van der Waals surface area contributed by atoms with Crippen LogP contribution in [0, 0.1) is 17.2 Å². The summed E-state index contributed by atoms with van der Waals surface area (Å²) in [7, 11) is 0. The van der Waals surface area contributed by atoms with Gasteiger partial charge >= 0.3 is 0 Å². The molecule has 2 unspecified atom stereocenters. The van der Waals surface area contributed by atoms with E-state index in [2.05, 4.69) is 17.9 Å². The minimum absolute atomic E-state index is 0.131. The standard InChI is InChI=1S/C12H19N3O2/c1-10-2-9-17-11(10)12(16)15-7-5-14(4-3-13)6-8-15/h10-11H,2,4-9H2,1H3. The zero-order valence-corrected chi connectivity index (χ0v) is 10.3. The van der Waals surface area contributed by atoms with E-state index in [1.54, 1.807) is 0 Å². The van der Waals surface area contributed by atoms with Crippen LogP contribution in [0.25, 0.3) is 0 Å². The molecule has 2 aliphatic heterocycles. The van der Waals surface area contributed by atoms with Gasteiger partial charge in [0.15, 0.2) is 0 Å². The van der Waals surface area contributed by atoms with Crippen molar-refractivity contribution in [2.45, 2.75) is 19.4 Å². The van der Waals surface area contributed by atoms with Gasteiger partial charge in [0.25, 0.3) is 5.91 Å². The molecule has 0 radical (unpaired) electrons. The molecule has 0 saturated carbocycles. The van der Waals surface area contributed by atoms with Crippen LogP contribution in [-0.2, 0) is 9.53 Å². The Morgan fingerprint density at radius 1 is 1.41 bits per heavy atom. The van der Waals surface area contributed by atoms with Gasteiger partial charge in [0.05, 0.1) is 12.6 Å². The van der Waals surface area contributed by atoms with Crippen LogP contribution in [-0.4, -0.2) is 61.1 Å². The van der Waals surface area contributed by atoms with Gasteiger partial charge in [-0.1, -0.05) is 6.92 Å². The molecule has 0 aliphatic carbocycles. The van der Waals surface area contributed by atoms with E-state index in [0.717, 1.165) is 19.5 Å². The molecular weight excluding hydrogens is 218 g/mol. The lowest BCUT2D eigenvalue weighted by molar-refractivity contribution is -0.144. The van der Waals surface area contributed by atoms with Crippen molar-refractivity contribution in [2.24, 2.45) is 5.92 Å². The number of carbonyl (C=O) groups excluding carboxylic acids is 1. The van der Waals surface area contributed by atoms with Crippen LogP contribution >= 0.6 is 0 Å². The van der Waals surface area contributed by atoms with Crippen LogP contribution in [0.2, 0.25) is 0 Å². The molecule has 0 aromatic rings. The van der Waals surface area contributed by atoms with E-state index in [-0.39, 0.29) is 12.0 Å². The largest absolute Gasteiger partial charge is 0.368 e. The van der Waals surface area contributed by atoms with Gasteiger partial charge in [0.2, 0.25) is 0 Å². The highest BCUT2D eigenvalue weighted by Crippen LogP contribution is 2.22. The molecule has 0 aromatic heterocycles. The average Bonchev–Trinajstić information content (AvgIpc) is 2.76. The zero-order chi connectivity index (χ0) is 12.3. The first kappa shape index (κ1) is 12.3. The second-order valence-corrected chi connectivity index (χ2v) is 4.82. The molecule has 94 valence electrons. The third-order valence-corrected chi connectivity index (χ3v) is 3.61. The van der Waals surface area contributed by atoms with E-state index in [4.69, 9.17) is 10.00 Å². The van der Waals surface area contributed by atoms with Crippen molar-refractivity contribution in [3.63, 3.8) is 0 Å². The van der Waals surface area contributed by atoms with E-state index in [0.29, 0.717) is 32.2 Å². The number of nitrogens with zero attached hydrogens (tertiary/aromatic N) is 3. The number of hydrogen-bond donors (Lipinski definition) is 0. The first-order chi connectivity index (χ1) is 8.22. The Balaban J connectivity index is 1.84. The lowest BCUT2D eigenvalue weighted by atomic mass is 10.0. The first-order valence-electron chi connectivity index (χ1n) is 6.22. The summed E-state index contributed by atoms with van der Waals surface area (Å²) in [4.78, 5) is 16.1. The van der Waals surface area contributed by atoms with Crippen LogP contribution in [0.3, 0.4) is 0 Å². The van der Waals surface area contributed by atoms with Gasteiger partial charge in [-0.15, -0.1) is 0 Å². The van der Waals surface area contributed by atoms with Crippen LogP contribution in [0.4, 0.5) is 0 Å². The van der Waals surface area contributed by atoms with Crippen molar-refractivity contribution in [1.82, 2.24) is 9.80 Å². The van der Waals surface area contributed by atoms with Crippen LogP contribution in [0.15, 0.2) is 0 Å². The van der Waals surface area contributed by atoms with Crippen molar-refractivity contribution < 1.29 is 9.53 Å². The highest BCUT2D eigenvalue weighted by Gasteiger charge is 2.34. The summed E-state index contributed by atoms with van der Waals surface area (Å²) in [5, 5.41) is 8.61. The second kappa shape index (κ2) is 5.48. The number of piperazine rings is 1. The third-order valence-electron chi connectivity index (χ3n) is 3.61. The van der Waals surface area contributed by atoms with Crippen molar-refractivity contribution >= 4 is 5.91 Å². The third kappa shape index (κ3) is 2.76. The number of carbonyl (C=O) groups is 1. The molecule has 2 heterocycles. The maximum Gasteiger partial charge on any atom is 0.252 e. The Labute approximate surface area is 102 Å². The number of amides is 1. The smallest absolute Gasteiger partial charge is 0.252 e. The summed E-state index contributed by atoms with van der Waals surface area (Å²) < 4.78 is 5.50. The highest BCUT2D eigenvalue weighted by atomic mass is 16.5. The maximum absolute atomic E-state index is 12.2. The number of nitriles is 1. The molecule has 0 N–H and O–H groups in total. The summed E-state index contributed by atoms with van der Waals surface area (Å²) in [5.41, 5.74) is 0. The van der Waals surface area contributed by atoms with E-state index in [9.17, 15) is 4.79 Å². The molecule has 2 rings (SSSR count). The fourth-order valence-electron chi connectivity index (χ4n) is 2.42. The summed E-state index contributed by atoms with van der Waals surface area (Å²) >= 11 is 0. The number of hydrogen-bond acceptors (Lipinski definition) is 4. The monoisotopic (exact) mass is 237 g/mol. The van der Waals surface area contributed by atoms with E-state index >= 15 is 0 Å². The Morgan fingerprint density at radius 3 is 2.65 bits per heavy atom. The topological polar surface area (TPSA) is 56.6 Å². The molecule has 2 saturated heterocycles. The minimum atomic E-state index is -0.238. The van der Waals surface area contributed by atoms with Gasteiger partial charge in [-0.3, -0.25) is 9.69 Å². The quantitative estimate of drug-likeness (QED) is 0.638. The number of rotatable bonds is 2. The molecule has 1 amide bonds. The van der Waals surface area contributed by atoms with E-state index in [1.165, 1.54) is 0 Å². The van der Waals surface area contributed by atoms with E-state index < -0.39 is 0 Å². The lowest BCUT2D eigenvalue weighted by Gasteiger charge is -2.35. The molecule has 2 fully saturated rings. The zero-order valence-electron chi connectivity index (χ0n) is 10.3. The Bertz CT molecular complexity index is 318. The van der Waals surface area contributed by atoms with Crippen LogP contribution < -0.4 is 0 Å². The van der Waals surface area contributed by atoms with Gasteiger partial charge in [-0.25, -0.2) is 0 Å². The lowest BCUT2D eigenvalue weighted by Crippen LogP contribution is -2.52. The van der Waals surface area contributed by atoms with Crippen molar-refractivity contribution in [3.05, 3.63) is 0 Å². The van der Waals surface area contributed by atoms with Crippen LogP contribution in [0.1, 0.15) is 13.3 Å². The van der Waals surface area contributed by atoms with E-state index in [1.807, 2.05) is 4.90 Å². The summed E-state index contributed by atoms with van der Waals surface area (Å²) in [5.74, 6) is 0.464. The Morgan fingerprint density at radius 2 is 2.12 bits per heavy atom. The predicted molar refractivity (Wildman–Crippen MR) is 62.2 cm³/mol. The van der Waals surface area contributed by atoms with Gasteiger partial charge in [-0.2, -0.15) is 5.26 Å². The second-order valence-electron chi connectivity index (χ2n) is 4.82. The normalized spacial score (nSPS) is 30.2. The SMILES string of the molecule is CC1CCOC1C(=O)N1CCN(CC#N)CC1. The molecule has 0 aromatic carbocycles. The number of ether oxygens (including phenoxy) is 1. The van der Waals surface area contributed by atoms with Crippen molar-refractivity contribution in [3.8, 4) is 6.07 Å². The molecule has 0 spiro atoms. The van der Waals surface area contributed by atoms with Crippen LogP contribution in [0.5, 0.6) is 0 Å². The molecule has 2 aliphatic rings. The van der Waals surface area contributed by atoms with Crippen molar-refractivity contribution in [2.75, 3.05) is 39.3 Å². The minimum Gasteiger partial charge on any atom is -0.368 e. The summed E-state index contributed by atoms with van der Waals surface area (Å²) in [6.45, 7) is 6.24. The molecule has 5 heteroatoms. The van der Waals surface area contributed by atoms with Gasteiger partial charge in [-0.05, 0) is 12.3 Å². The summed E-state index contributed by atoms with van der Waals surface area (Å²) in [6.07, 6.45) is 0.739. The maximum atomic E-state index is 12.2. The van der Waals surface area contributed by atoms with Gasteiger partial charge in [0, 0.05) is 32.8 Å². The van der Waals surface area contributed by atoms with Gasteiger partial charge < -0.3 is 9.64 Å². The van der Waals surface area contributed by atoms with Gasteiger partial charge in [0.1, 0.15) is 6.10 Å². The Hall–Kier alpha value is -1.12. The highest BCUT2D eigenvalue weighted by molar-refractivity contribution is 5.81. The molecule has 5 nitrogen and oxygen atoms in total. The van der Waals surface area contributed by atoms with Crippen molar-refractivity contribution in [1.29, 1.82) is 5.26 Å². The first-order valence-corrected chi connectivity index (χ1v) is 6.22. The fourth-order valence-corrected chi connectivity index (χ4v) is 2.42. The predicted octanol–water partition coefficient (Wildman–Crippen LogP) is 0.0792. The molecule has 17 heavy (non-hydrogen) atoms. The molecular formula is C12H19N3O2. The fraction of sp³-hybridized carbons (Fsp3) is 0.833. The molecule has 2 atom stereocenters. The Kier molecular flexibility index (Phi) is 3.97.